The van der Waals surface area contributed by atoms with Gasteiger partial charge in [0, 0.05) is 12.6 Å². The normalized spacial score (nSPS) is 17.0. The van der Waals surface area contributed by atoms with Gasteiger partial charge in [-0.1, -0.05) is 13.8 Å². The molecular formula is C11H23N3O. The van der Waals surface area contributed by atoms with E-state index >= 15 is 0 Å². The van der Waals surface area contributed by atoms with Crippen LogP contribution in [0.4, 0.5) is 4.79 Å². The molecule has 4 nitrogen and oxygen atoms in total. The Morgan fingerprint density at radius 1 is 1.40 bits per heavy atom. The molecule has 0 aromatic heterocycles. The third-order valence-electron chi connectivity index (χ3n) is 3.56. The molecule has 0 aromatic rings. The minimum absolute atomic E-state index is 0.0612. The average molecular weight is 213 g/mol. The Labute approximate surface area is 92.0 Å². The van der Waals surface area contributed by atoms with Crippen LogP contribution in [0.1, 0.15) is 46.0 Å². The fourth-order valence-electron chi connectivity index (χ4n) is 1.78. The molecule has 4 heteroatoms. The summed E-state index contributed by atoms with van der Waals surface area (Å²) in [5, 5.41) is 5.97. The maximum Gasteiger partial charge on any atom is 0.315 e. The van der Waals surface area contributed by atoms with Crippen molar-refractivity contribution in [2.24, 2.45) is 5.73 Å². The van der Waals surface area contributed by atoms with Crippen molar-refractivity contribution in [3.63, 3.8) is 0 Å². The third kappa shape index (κ3) is 3.09. The zero-order valence-electron chi connectivity index (χ0n) is 9.81. The van der Waals surface area contributed by atoms with Gasteiger partial charge in [-0.05, 0) is 32.1 Å². The first-order valence-corrected chi connectivity index (χ1v) is 5.94. The Morgan fingerprint density at radius 3 is 2.33 bits per heavy atom. The second kappa shape index (κ2) is 5.35. The van der Waals surface area contributed by atoms with Crippen LogP contribution in [0.2, 0.25) is 0 Å². The summed E-state index contributed by atoms with van der Waals surface area (Å²) in [5.41, 5.74) is 5.48. The van der Waals surface area contributed by atoms with Gasteiger partial charge in [0.05, 0.1) is 5.54 Å². The summed E-state index contributed by atoms with van der Waals surface area (Å²) in [6, 6.07) is 0.322. The van der Waals surface area contributed by atoms with Crippen LogP contribution in [0.3, 0.4) is 0 Å². The monoisotopic (exact) mass is 213 g/mol. The molecule has 1 saturated carbocycles. The van der Waals surface area contributed by atoms with Gasteiger partial charge in [0.2, 0.25) is 0 Å². The number of carbonyl (C=O) groups excluding carboxylic acids is 1. The van der Waals surface area contributed by atoms with E-state index in [4.69, 9.17) is 5.73 Å². The highest BCUT2D eigenvalue weighted by Gasteiger charge is 2.28. The molecule has 0 unspecified atom stereocenters. The third-order valence-corrected chi connectivity index (χ3v) is 3.56. The quantitative estimate of drug-likeness (QED) is 0.645. The molecule has 2 amide bonds. The van der Waals surface area contributed by atoms with Crippen LogP contribution in [0.25, 0.3) is 0 Å². The largest absolute Gasteiger partial charge is 0.335 e. The molecule has 1 rings (SSSR count). The van der Waals surface area contributed by atoms with E-state index in [9.17, 15) is 4.79 Å². The Bertz CT molecular complexity index is 202. The summed E-state index contributed by atoms with van der Waals surface area (Å²) >= 11 is 0. The van der Waals surface area contributed by atoms with Gasteiger partial charge in [0.25, 0.3) is 0 Å². The summed E-state index contributed by atoms with van der Waals surface area (Å²) in [6.45, 7) is 4.61. The van der Waals surface area contributed by atoms with Crippen LogP contribution in [0, 0.1) is 0 Å². The molecule has 15 heavy (non-hydrogen) atoms. The van der Waals surface area contributed by atoms with E-state index in [0.29, 0.717) is 12.6 Å². The summed E-state index contributed by atoms with van der Waals surface area (Å²) < 4.78 is 0. The molecule has 88 valence electrons. The first-order valence-electron chi connectivity index (χ1n) is 5.94. The summed E-state index contributed by atoms with van der Waals surface area (Å²) in [4.78, 5) is 11.7. The van der Waals surface area contributed by atoms with Crippen molar-refractivity contribution in [3.8, 4) is 0 Å². The fourth-order valence-corrected chi connectivity index (χ4v) is 1.78. The average Bonchev–Trinajstić information content (AvgIpc) is 2.20. The molecule has 0 heterocycles. The number of rotatable bonds is 5. The van der Waals surface area contributed by atoms with E-state index in [-0.39, 0.29) is 11.6 Å². The number of nitrogens with one attached hydrogen (secondary N) is 2. The van der Waals surface area contributed by atoms with Gasteiger partial charge in [-0.15, -0.1) is 0 Å². The van der Waals surface area contributed by atoms with Gasteiger partial charge >= 0.3 is 6.03 Å². The zero-order chi connectivity index (χ0) is 11.3. The number of hydrogen-bond donors (Lipinski definition) is 3. The SMILES string of the molecule is CCC(CC)(CN)NC(=O)NC1CCC1. The van der Waals surface area contributed by atoms with Crippen LogP contribution in [0.5, 0.6) is 0 Å². The van der Waals surface area contributed by atoms with E-state index in [0.717, 1.165) is 25.7 Å². The number of carbonyl (C=O) groups is 1. The molecule has 0 bridgehead atoms. The van der Waals surface area contributed by atoms with Crippen molar-refractivity contribution in [2.75, 3.05) is 6.54 Å². The van der Waals surface area contributed by atoms with Gasteiger partial charge in [-0.2, -0.15) is 0 Å². The first kappa shape index (κ1) is 12.3. The lowest BCUT2D eigenvalue weighted by atomic mass is 9.92. The van der Waals surface area contributed by atoms with Crippen LogP contribution >= 0.6 is 0 Å². The topological polar surface area (TPSA) is 67.1 Å². The van der Waals surface area contributed by atoms with Crippen molar-refractivity contribution in [3.05, 3.63) is 0 Å². The lowest BCUT2D eigenvalue weighted by Crippen LogP contribution is -2.57. The smallest absolute Gasteiger partial charge is 0.315 e. The molecular weight excluding hydrogens is 190 g/mol. The molecule has 4 N–H and O–H groups in total. The Balaban J connectivity index is 2.38. The van der Waals surface area contributed by atoms with Crippen molar-refractivity contribution in [1.82, 2.24) is 10.6 Å². The van der Waals surface area contributed by atoms with E-state index in [1.807, 2.05) is 0 Å². The predicted molar refractivity (Wildman–Crippen MR) is 61.7 cm³/mol. The maximum absolute atomic E-state index is 11.7. The predicted octanol–water partition coefficient (Wildman–Crippen LogP) is 1.36. The molecule has 1 aliphatic carbocycles. The molecule has 0 saturated heterocycles. The highest BCUT2D eigenvalue weighted by Crippen LogP contribution is 2.18. The maximum atomic E-state index is 11.7. The van der Waals surface area contributed by atoms with E-state index in [2.05, 4.69) is 24.5 Å². The summed E-state index contributed by atoms with van der Waals surface area (Å²) in [7, 11) is 0. The van der Waals surface area contributed by atoms with Crippen LogP contribution in [-0.2, 0) is 0 Å². The van der Waals surface area contributed by atoms with E-state index in [1.54, 1.807) is 0 Å². The standard InChI is InChI=1S/C11H23N3O/c1-3-11(4-2,8-12)14-10(15)13-9-6-5-7-9/h9H,3-8,12H2,1-2H3,(H2,13,14,15). The minimum Gasteiger partial charge on any atom is -0.335 e. The highest BCUT2D eigenvalue weighted by atomic mass is 16.2. The number of nitrogens with two attached hydrogens (primary N) is 1. The molecule has 0 spiro atoms. The lowest BCUT2D eigenvalue weighted by Gasteiger charge is -2.34. The highest BCUT2D eigenvalue weighted by molar-refractivity contribution is 5.75. The molecule has 0 atom stereocenters. The van der Waals surface area contributed by atoms with E-state index in [1.165, 1.54) is 6.42 Å². The van der Waals surface area contributed by atoms with Gasteiger partial charge in [0.1, 0.15) is 0 Å². The number of hydrogen-bond acceptors (Lipinski definition) is 2. The molecule has 1 aliphatic rings. The Morgan fingerprint density at radius 2 is 2.00 bits per heavy atom. The molecule has 0 aromatic carbocycles. The van der Waals surface area contributed by atoms with Crippen LogP contribution < -0.4 is 16.4 Å². The lowest BCUT2D eigenvalue weighted by molar-refractivity contribution is 0.210. The zero-order valence-corrected chi connectivity index (χ0v) is 9.81. The Hall–Kier alpha value is -0.770. The van der Waals surface area contributed by atoms with Crippen molar-refractivity contribution >= 4 is 6.03 Å². The van der Waals surface area contributed by atoms with Crippen molar-refractivity contribution in [2.45, 2.75) is 57.5 Å². The summed E-state index contributed by atoms with van der Waals surface area (Å²) in [6.07, 6.45) is 5.20. The van der Waals surface area contributed by atoms with Crippen molar-refractivity contribution < 1.29 is 4.79 Å². The van der Waals surface area contributed by atoms with Gasteiger partial charge in [-0.25, -0.2) is 4.79 Å². The fraction of sp³-hybridized carbons (Fsp3) is 0.909. The molecule has 0 radical (unpaired) electrons. The second-order valence-electron chi connectivity index (χ2n) is 4.42. The minimum atomic E-state index is -0.228. The Kier molecular flexibility index (Phi) is 4.39. The van der Waals surface area contributed by atoms with Crippen LogP contribution in [0.15, 0.2) is 0 Å². The van der Waals surface area contributed by atoms with Gasteiger partial charge < -0.3 is 16.4 Å². The molecule has 1 fully saturated rings. The van der Waals surface area contributed by atoms with Crippen molar-refractivity contribution in [1.29, 1.82) is 0 Å². The number of urea groups is 1. The second-order valence-corrected chi connectivity index (χ2v) is 4.42. The molecule has 0 aliphatic heterocycles. The first-order chi connectivity index (χ1) is 7.15. The van der Waals surface area contributed by atoms with Gasteiger partial charge in [0.15, 0.2) is 0 Å². The van der Waals surface area contributed by atoms with Gasteiger partial charge in [-0.3, -0.25) is 0 Å². The van der Waals surface area contributed by atoms with Crippen LogP contribution in [-0.4, -0.2) is 24.2 Å². The summed E-state index contributed by atoms with van der Waals surface area (Å²) in [5.74, 6) is 0. The number of amides is 2. The van der Waals surface area contributed by atoms with E-state index < -0.39 is 0 Å².